The molecule has 0 radical (unpaired) electrons. The molecule has 2 N–H and O–H groups in total. The van der Waals surface area contributed by atoms with Crippen molar-refractivity contribution in [3.8, 4) is 0 Å². The Bertz CT molecular complexity index is 979. The first-order valence-corrected chi connectivity index (χ1v) is 8.66. The Morgan fingerprint density at radius 3 is 2.56 bits per heavy atom. The standard InChI is InChI=1S/C21H18ClN3/c22-19-9-3-1-7-15(19)17(14-25-21-11-5-6-12-23-21)18-13-24-20-10-4-2-8-16(18)20/h1-13,17,24H,14H2,(H,23,25)/t17-/m0/s1. The van der Waals surface area contributed by atoms with Crippen LogP contribution in [0, 0.1) is 0 Å². The Morgan fingerprint density at radius 1 is 0.920 bits per heavy atom. The van der Waals surface area contributed by atoms with Gasteiger partial charge in [-0.1, -0.05) is 54.1 Å². The fourth-order valence-electron chi connectivity index (χ4n) is 3.20. The van der Waals surface area contributed by atoms with Crippen molar-refractivity contribution in [1.29, 1.82) is 0 Å². The molecule has 4 rings (SSSR count). The van der Waals surface area contributed by atoms with Gasteiger partial charge in [0.1, 0.15) is 5.82 Å². The normalized spacial score (nSPS) is 12.2. The Labute approximate surface area is 151 Å². The van der Waals surface area contributed by atoms with Crippen LogP contribution < -0.4 is 5.32 Å². The number of halogens is 1. The number of para-hydroxylation sites is 1. The second-order valence-electron chi connectivity index (χ2n) is 5.96. The van der Waals surface area contributed by atoms with Gasteiger partial charge in [0, 0.05) is 40.8 Å². The summed E-state index contributed by atoms with van der Waals surface area (Å²) >= 11 is 6.52. The molecule has 25 heavy (non-hydrogen) atoms. The summed E-state index contributed by atoms with van der Waals surface area (Å²) in [5.41, 5.74) is 3.47. The zero-order valence-electron chi connectivity index (χ0n) is 13.6. The molecule has 0 aliphatic rings. The number of nitrogens with zero attached hydrogens (tertiary/aromatic N) is 1. The van der Waals surface area contributed by atoms with E-state index in [-0.39, 0.29) is 5.92 Å². The molecule has 4 aromatic rings. The third kappa shape index (κ3) is 3.24. The van der Waals surface area contributed by atoms with Gasteiger partial charge in [-0.15, -0.1) is 0 Å². The number of aromatic amines is 1. The van der Waals surface area contributed by atoms with Gasteiger partial charge in [-0.05, 0) is 35.4 Å². The van der Waals surface area contributed by atoms with Gasteiger partial charge < -0.3 is 10.3 Å². The van der Waals surface area contributed by atoms with Crippen LogP contribution in [0.3, 0.4) is 0 Å². The highest BCUT2D eigenvalue weighted by Crippen LogP contribution is 2.34. The molecule has 0 fully saturated rings. The number of nitrogens with one attached hydrogen (secondary N) is 2. The molecule has 0 bridgehead atoms. The number of benzene rings is 2. The number of anilines is 1. The second kappa shape index (κ2) is 6.99. The van der Waals surface area contributed by atoms with Gasteiger partial charge in [0.25, 0.3) is 0 Å². The van der Waals surface area contributed by atoms with Gasteiger partial charge in [0.2, 0.25) is 0 Å². The zero-order valence-corrected chi connectivity index (χ0v) is 14.4. The second-order valence-corrected chi connectivity index (χ2v) is 6.37. The van der Waals surface area contributed by atoms with Crippen LogP contribution in [0.15, 0.2) is 79.1 Å². The van der Waals surface area contributed by atoms with Crippen molar-refractivity contribution in [3.63, 3.8) is 0 Å². The number of fused-ring (bicyclic) bond motifs is 1. The van der Waals surface area contributed by atoms with Crippen molar-refractivity contribution in [2.24, 2.45) is 0 Å². The van der Waals surface area contributed by atoms with E-state index in [1.807, 2.05) is 42.5 Å². The van der Waals surface area contributed by atoms with Gasteiger partial charge in [0.15, 0.2) is 0 Å². The van der Waals surface area contributed by atoms with Gasteiger partial charge in [-0.25, -0.2) is 4.98 Å². The van der Waals surface area contributed by atoms with Crippen LogP contribution >= 0.6 is 11.6 Å². The van der Waals surface area contributed by atoms with E-state index in [9.17, 15) is 0 Å². The molecule has 2 aromatic heterocycles. The molecule has 0 aliphatic carbocycles. The lowest BCUT2D eigenvalue weighted by Crippen LogP contribution is -2.15. The lowest BCUT2D eigenvalue weighted by Gasteiger charge is -2.19. The molecule has 0 amide bonds. The fraction of sp³-hybridized carbons (Fsp3) is 0.0952. The van der Waals surface area contributed by atoms with Crippen LogP contribution in [0.5, 0.6) is 0 Å². The summed E-state index contributed by atoms with van der Waals surface area (Å²) in [5.74, 6) is 0.978. The van der Waals surface area contributed by atoms with Gasteiger partial charge >= 0.3 is 0 Å². The van der Waals surface area contributed by atoms with Crippen molar-refractivity contribution in [2.45, 2.75) is 5.92 Å². The van der Waals surface area contributed by atoms with E-state index in [4.69, 9.17) is 11.6 Å². The minimum absolute atomic E-state index is 0.117. The molecule has 4 heteroatoms. The molecule has 3 nitrogen and oxygen atoms in total. The molecule has 0 aliphatic heterocycles. The summed E-state index contributed by atoms with van der Waals surface area (Å²) in [7, 11) is 0. The van der Waals surface area contributed by atoms with Crippen LogP contribution in [0.25, 0.3) is 10.9 Å². The summed E-state index contributed by atoms with van der Waals surface area (Å²) in [5, 5.41) is 5.44. The third-order valence-corrected chi connectivity index (χ3v) is 4.77. The van der Waals surface area contributed by atoms with E-state index in [1.165, 1.54) is 10.9 Å². The maximum Gasteiger partial charge on any atom is 0.125 e. The van der Waals surface area contributed by atoms with E-state index in [0.717, 1.165) is 21.9 Å². The van der Waals surface area contributed by atoms with E-state index in [0.29, 0.717) is 6.54 Å². The summed E-state index contributed by atoms with van der Waals surface area (Å²) in [4.78, 5) is 7.73. The first-order chi connectivity index (χ1) is 12.3. The summed E-state index contributed by atoms with van der Waals surface area (Å²) in [6.07, 6.45) is 3.87. The Morgan fingerprint density at radius 2 is 1.72 bits per heavy atom. The third-order valence-electron chi connectivity index (χ3n) is 4.43. The van der Waals surface area contributed by atoms with Crippen LogP contribution in [-0.4, -0.2) is 16.5 Å². The molecular formula is C21H18ClN3. The minimum atomic E-state index is 0.117. The number of hydrogen-bond donors (Lipinski definition) is 2. The SMILES string of the molecule is Clc1ccccc1[C@H](CNc1ccccn1)c1c[nH]c2ccccc12. The smallest absolute Gasteiger partial charge is 0.125 e. The molecule has 124 valence electrons. The fourth-order valence-corrected chi connectivity index (χ4v) is 3.47. The highest BCUT2D eigenvalue weighted by atomic mass is 35.5. The molecule has 0 unspecified atom stereocenters. The number of pyridine rings is 1. The average Bonchev–Trinajstić information content (AvgIpc) is 3.08. The largest absolute Gasteiger partial charge is 0.369 e. The van der Waals surface area contributed by atoms with Crippen molar-refractivity contribution in [1.82, 2.24) is 9.97 Å². The summed E-state index contributed by atoms with van der Waals surface area (Å²) in [6.45, 7) is 0.711. The van der Waals surface area contributed by atoms with Crippen LogP contribution in [0.4, 0.5) is 5.82 Å². The molecule has 0 saturated carbocycles. The summed E-state index contributed by atoms with van der Waals surface area (Å²) < 4.78 is 0. The molecule has 0 spiro atoms. The first kappa shape index (κ1) is 15.7. The zero-order chi connectivity index (χ0) is 17.1. The number of aromatic nitrogens is 2. The van der Waals surface area contributed by atoms with E-state index < -0.39 is 0 Å². The lowest BCUT2D eigenvalue weighted by molar-refractivity contribution is 0.856. The van der Waals surface area contributed by atoms with Gasteiger partial charge in [0.05, 0.1) is 0 Å². The van der Waals surface area contributed by atoms with Gasteiger partial charge in [-0.2, -0.15) is 0 Å². The maximum absolute atomic E-state index is 6.52. The van der Waals surface area contributed by atoms with Crippen molar-refractivity contribution in [2.75, 3.05) is 11.9 Å². The lowest BCUT2D eigenvalue weighted by atomic mass is 9.91. The molecule has 1 atom stereocenters. The monoisotopic (exact) mass is 347 g/mol. The van der Waals surface area contributed by atoms with Crippen LogP contribution in [-0.2, 0) is 0 Å². The topological polar surface area (TPSA) is 40.7 Å². The maximum atomic E-state index is 6.52. The predicted molar refractivity (Wildman–Crippen MR) is 104 cm³/mol. The van der Waals surface area contributed by atoms with Gasteiger partial charge in [-0.3, -0.25) is 0 Å². The van der Waals surface area contributed by atoms with E-state index in [1.54, 1.807) is 6.20 Å². The molecule has 0 saturated heterocycles. The highest BCUT2D eigenvalue weighted by molar-refractivity contribution is 6.31. The number of rotatable bonds is 5. The Balaban J connectivity index is 1.74. The van der Waals surface area contributed by atoms with Crippen molar-refractivity contribution in [3.05, 3.63) is 95.3 Å². The summed E-state index contributed by atoms with van der Waals surface area (Å²) in [6, 6.07) is 22.2. The van der Waals surface area contributed by atoms with E-state index in [2.05, 4.69) is 45.7 Å². The Kier molecular flexibility index (Phi) is 4.40. The average molecular weight is 348 g/mol. The van der Waals surface area contributed by atoms with Crippen molar-refractivity contribution < 1.29 is 0 Å². The van der Waals surface area contributed by atoms with Crippen molar-refractivity contribution >= 4 is 28.3 Å². The number of H-pyrrole nitrogens is 1. The minimum Gasteiger partial charge on any atom is -0.369 e. The molecular weight excluding hydrogens is 330 g/mol. The first-order valence-electron chi connectivity index (χ1n) is 8.28. The highest BCUT2D eigenvalue weighted by Gasteiger charge is 2.20. The number of hydrogen-bond acceptors (Lipinski definition) is 2. The van der Waals surface area contributed by atoms with E-state index >= 15 is 0 Å². The Hall–Kier alpha value is -2.78. The molecule has 2 heterocycles. The predicted octanol–water partition coefficient (Wildman–Crippen LogP) is 5.46. The van der Waals surface area contributed by atoms with Crippen LogP contribution in [0.1, 0.15) is 17.0 Å². The molecule has 2 aromatic carbocycles. The quantitative estimate of drug-likeness (QED) is 0.503. The van der Waals surface area contributed by atoms with Crippen LogP contribution in [0.2, 0.25) is 5.02 Å².